The third-order valence-corrected chi connectivity index (χ3v) is 4.03. The van der Waals surface area contributed by atoms with Crippen molar-refractivity contribution in [1.29, 1.82) is 0 Å². The second kappa shape index (κ2) is 6.34. The zero-order chi connectivity index (χ0) is 15.5. The standard InChI is InChI=1S/C20H27N/c1-6-17-9-7-8-15(2)19(17)21-14-16-10-12-18(13-11-16)20(3,4)5/h7-13,21H,6,14H2,1-5H3. The first-order valence-electron chi connectivity index (χ1n) is 7.83. The van der Waals surface area contributed by atoms with Gasteiger partial charge in [-0.3, -0.25) is 0 Å². The van der Waals surface area contributed by atoms with Gasteiger partial charge >= 0.3 is 0 Å². The van der Waals surface area contributed by atoms with Gasteiger partial charge in [0, 0.05) is 12.2 Å². The molecule has 0 unspecified atom stereocenters. The Bertz CT molecular complexity index is 588. The van der Waals surface area contributed by atoms with Gasteiger partial charge in [0.05, 0.1) is 0 Å². The van der Waals surface area contributed by atoms with E-state index in [2.05, 4.69) is 82.4 Å². The molecule has 0 aliphatic heterocycles. The summed E-state index contributed by atoms with van der Waals surface area (Å²) in [5, 5.41) is 3.61. The maximum Gasteiger partial charge on any atom is 0.0404 e. The molecule has 0 amide bonds. The van der Waals surface area contributed by atoms with Gasteiger partial charge < -0.3 is 5.32 Å². The summed E-state index contributed by atoms with van der Waals surface area (Å²) in [6.45, 7) is 12.0. The monoisotopic (exact) mass is 281 g/mol. The van der Waals surface area contributed by atoms with E-state index in [1.807, 2.05) is 0 Å². The van der Waals surface area contributed by atoms with Crippen LogP contribution in [0.2, 0.25) is 0 Å². The van der Waals surface area contributed by atoms with Crippen LogP contribution in [0.4, 0.5) is 5.69 Å². The van der Waals surface area contributed by atoms with Crippen molar-refractivity contribution in [3.63, 3.8) is 0 Å². The van der Waals surface area contributed by atoms with Crippen LogP contribution in [0.1, 0.15) is 49.9 Å². The average Bonchev–Trinajstić information content (AvgIpc) is 2.45. The normalized spacial score (nSPS) is 11.5. The predicted octanol–water partition coefficient (Wildman–Crippen LogP) is 5.47. The van der Waals surface area contributed by atoms with Crippen LogP contribution in [0.3, 0.4) is 0 Å². The van der Waals surface area contributed by atoms with Gasteiger partial charge in [-0.05, 0) is 41.0 Å². The molecule has 0 atom stereocenters. The van der Waals surface area contributed by atoms with E-state index in [0.717, 1.165) is 13.0 Å². The fourth-order valence-corrected chi connectivity index (χ4v) is 2.59. The first-order valence-corrected chi connectivity index (χ1v) is 7.83. The van der Waals surface area contributed by atoms with Crippen LogP contribution < -0.4 is 5.32 Å². The second-order valence-corrected chi connectivity index (χ2v) is 6.76. The Morgan fingerprint density at radius 2 is 1.62 bits per heavy atom. The summed E-state index contributed by atoms with van der Waals surface area (Å²) in [7, 11) is 0. The lowest BCUT2D eigenvalue weighted by atomic mass is 9.87. The average molecular weight is 281 g/mol. The minimum atomic E-state index is 0.220. The summed E-state index contributed by atoms with van der Waals surface area (Å²) in [5.74, 6) is 0. The summed E-state index contributed by atoms with van der Waals surface area (Å²) in [6.07, 6.45) is 1.06. The van der Waals surface area contributed by atoms with E-state index in [0.29, 0.717) is 0 Å². The van der Waals surface area contributed by atoms with E-state index in [-0.39, 0.29) is 5.41 Å². The van der Waals surface area contributed by atoms with Crippen molar-refractivity contribution in [3.8, 4) is 0 Å². The minimum absolute atomic E-state index is 0.220. The van der Waals surface area contributed by atoms with Gasteiger partial charge in [0.25, 0.3) is 0 Å². The van der Waals surface area contributed by atoms with Crippen LogP contribution in [-0.2, 0) is 18.4 Å². The van der Waals surface area contributed by atoms with Crippen LogP contribution in [-0.4, -0.2) is 0 Å². The Labute approximate surface area is 129 Å². The molecule has 1 heteroatoms. The van der Waals surface area contributed by atoms with Crippen LogP contribution in [0.15, 0.2) is 42.5 Å². The zero-order valence-electron chi connectivity index (χ0n) is 14.0. The Morgan fingerprint density at radius 3 is 2.19 bits per heavy atom. The number of nitrogens with one attached hydrogen (secondary N) is 1. The Kier molecular flexibility index (Phi) is 4.72. The van der Waals surface area contributed by atoms with Gasteiger partial charge in [-0.2, -0.15) is 0 Å². The summed E-state index contributed by atoms with van der Waals surface area (Å²) in [5.41, 5.74) is 6.93. The van der Waals surface area contributed by atoms with Gasteiger partial charge in [0.1, 0.15) is 0 Å². The minimum Gasteiger partial charge on any atom is -0.381 e. The van der Waals surface area contributed by atoms with Crippen molar-refractivity contribution in [3.05, 3.63) is 64.7 Å². The molecule has 21 heavy (non-hydrogen) atoms. The summed E-state index contributed by atoms with van der Waals surface area (Å²) >= 11 is 0. The molecule has 0 fully saturated rings. The maximum absolute atomic E-state index is 3.61. The zero-order valence-corrected chi connectivity index (χ0v) is 14.0. The first-order chi connectivity index (χ1) is 9.91. The highest BCUT2D eigenvalue weighted by Gasteiger charge is 2.12. The number of aryl methyl sites for hydroxylation is 2. The highest BCUT2D eigenvalue weighted by Crippen LogP contribution is 2.24. The number of hydrogen-bond donors (Lipinski definition) is 1. The summed E-state index contributed by atoms with van der Waals surface area (Å²) < 4.78 is 0. The van der Waals surface area contributed by atoms with E-state index in [4.69, 9.17) is 0 Å². The van der Waals surface area contributed by atoms with Crippen LogP contribution >= 0.6 is 0 Å². The Morgan fingerprint density at radius 1 is 0.952 bits per heavy atom. The van der Waals surface area contributed by atoms with Crippen LogP contribution in [0.25, 0.3) is 0 Å². The van der Waals surface area contributed by atoms with Crippen molar-refractivity contribution in [1.82, 2.24) is 0 Å². The van der Waals surface area contributed by atoms with Crippen molar-refractivity contribution < 1.29 is 0 Å². The molecular weight excluding hydrogens is 254 g/mol. The smallest absolute Gasteiger partial charge is 0.0404 e. The van der Waals surface area contributed by atoms with Crippen molar-refractivity contribution in [2.24, 2.45) is 0 Å². The van der Waals surface area contributed by atoms with Crippen LogP contribution in [0, 0.1) is 6.92 Å². The summed E-state index contributed by atoms with van der Waals surface area (Å²) in [6, 6.07) is 15.5. The molecule has 0 bridgehead atoms. The number of rotatable bonds is 4. The molecule has 0 saturated heterocycles. The fourth-order valence-electron chi connectivity index (χ4n) is 2.59. The highest BCUT2D eigenvalue weighted by molar-refractivity contribution is 5.57. The highest BCUT2D eigenvalue weighted by atomic mass is 14.9. The van der Waals surface area contributed by atoms with Gasteiger partial charge in [0.2, 0.25) is 0 Å². The molecule has 1 N–H and O–H groups in total. The lowest BCUT2D eigenvalue weighted by Crippen LogP contribution is -2.11. The molecule has 0 heterocycles. The fraction of sp³-hybridized carbons (Fsp3) is 0.400. The molecule has 0 aliphatic rings. The Balaban J connectivity index is 2.10. The number of anilines is 1. The van der Waals surface area contributed by atoms with Gasteiger partial charge in [-0.25, -0.2) is 0 Å². The van der Waals surface area contributed by atoms with Crippen molar-refractivity contribution in [2.45, 2.75) is 53.0 Å². The number of hydrogen-bond acceptors (Lipinski definition) is 1. The third kappa shape index (κ3) is 3.87. The van der Waals surface area contributed by atoms with E-state index in [9.17, 15) is 0 Å². The van der Waals surface area contributed by atoms with Crippen LogP contribution in [0.5, 0.6) is 0 Å². The molecule has 0 saturated carbocycles. The van der Waals surface area contributed by atoms with E-state index >= 15 is 0 Å². The predicted molar refractivity (Wildman–Crippen MR) is 93.0 cm³/mol. The van der Waals surface area contributed by atoms with Gasteiger partial charge in [-0.15, -0.1) is 0 Å². The topological polar surface area (TPSA) is 12.0 Å². The number of benzene rings is 2. The van der Waals surface area contributed by atoms with Gasteiger partial charge in [0.15, 0.2) is 0 Å². The first kappa shape index (κ1) is 15.6. The Hall–Kier alpha value is -1.76. The molecule has 2 rings (SSSR count). The van der Waals surface area contributed by atoms with Crippen molar-refractivity contribution in [2.75, 3.05) is 5.32 Å². The SMILES string of the molecule is CCc1cccc(C)c1NCc1ccc(C(C)(C)C)cc1. The molecule has 0 aromatic heterocycles. The van der Waals surface area contributed by atoms with E-state index < -0.39 is 0 Å². The lowest BCUT2D eigenvalue weighted by molar-refractivity contribution is 0.590. The van der Waals surface area contributed by atoms with E-state index in [1.165, 1.54) is 27.9 Å². The largest absolute Gasteiger partial charge is 0.381 e. The quantitative estimate of drug-likeness (QED) is 0.784. The number of para-hydroxylation sites is 1. The third-order valence-electron chi connectivity index (χ3n) is 4.03. The molecule has 0 radical (unpaired) electrons. The lowest BCUT2D eigenvalue weighted by Gasteiger charge is -2.19. The molecule has 112 valence electrons. The van der Waals surface area contributed by atoms with E-state index in [1.54, 1.807) is 0 Å². The molecule has 2 aromatic rings. The molecule has 0 aliphatic carbocycles. The van der Waals surface area contributed by atoms with Gasteiger partial charge in [-0.1, -0.05) is 70.2 Å². The molecule has 2 aromatic carbocycles. The summed E-state index contributed by atoms with van der Waals surface area (Å²) in [4.78, 5) is 0. The molecule has 1 nitrogen and oxygen atoms in total. The molecular formula is C20H27N. The second-order valence-electron chi connectivity index (χ2n) is 6.76. The molecule has 0 spiro atoms. The maximum atomic E-state index is 3.61. The van der Waals surface area contributed by atoms with Crippen molar-refractivity contribution >= 4 is 5.69 Å².